The predicted molar refractivity (Wildman–Crippen MR) is 140 cm³/mol. The van der Waals surface area contributed by atoms with Gasteiger partial charge >= 0.3 is 0 Å². The van der Waals surface area contributed by atoms with E-state index in [1.54, 1.807) is 0 Å². The van der Waals surface area contributed by atoms with Gasteiger partial charge in [0.25, 0.3) is 0 Å². The van der Waals surface area contributed by atoms with Gasteiger partial charge in [-0.15, -0.1) is 0 Å². The topological polar surface area (TPSA) is 143 Å². The van der Waals surface area contributed by atoms with Crippen LogP contribution in [0.2, 0.25) is 0 Å². The van der Waals surface area contributed by atoms with Crippen molar-refractivity contribution in [1.29, 1.82) is 0 Å². The molecule has 4 aliphatic rings. The largest absolute Gasteiger partial charge is 0.395 e. The molecule has 0 spiro atoms. The van der Waals surface area contributed by atoms with Crippen molar-refractivity contribution in [1.82, 2.24) is 19.6 Å². The quantitative estimate of drug-likeness (QED) is 0.322. The highest BCUT2D eigenvalue weighted by Gasteiger charge is 2.43. The second kappa shape index (κ2) is 13.3. The van der Waals surface area contributed by atoms with Crippen LogP contribution in [0.4, 0.5) is 0 Å². The Morgan fingerprint density at radius 2 is 0.889 bits per heavy atom. The molecule has 4 rings (SSSR count). The van der Waals surface area contributed by atoms with Crippen molar-refractivity contribution in [2.24, 2.45) is 20.0 Å². The first kappa shape index (κ1) is 26.8. The Kier molecular flexibility index (Phi) is 9.90. The zero-order chi connectivity index (χ0) is 25.3. The van der Waals surface area contributed by atoms with Crippen LogP contribution in [0.5, 0.6) is 0 Å². The van der Waals surface area contributed by atoms with Gasteiger partial charge in [-0.25, -0.2) is 9.98 Å². The molecule has 4 aliphatic heterocycles. The summed E-state index contributed by atoms with van der Waals surface area (Å²) >= 11 is 0. The van der Waals surface area contributed by atoms with E-state index in [4.69, 9.17) is 20.0 Å². The number of nitrogens with zero attached hydrogens (tertiary/aromatic N) is 8. The summed E-state index contributed by atoms with van der Waals surface area (Å²) in [5.74, 6) is 2.71. The summed E-state index contributed by atoms with van der Waals surface area (Å²) < 4.78 is 0. The SMILES string of the molecule is OCCN(CCO)C1=NC2C(N3CCCCC3)=NC(N(CCO)CCO)=NC2C(N2CCCCC2)=N1. The van der Waals surface area contributed by atoms with Crippen molar-refractivity contribution in [2.45, 2.75) is 50.6 Å². The van der Waals surface area contributed by atoms with E-state index < -0.39 is 0 Å². The molecule has 0 amide bonds. The van der Waals surface area contributed by atoms with Crippen molar-refractivity contribution >= 4 is 23.6 Å². The number of hydrogen-bond acceptors (Lipinski definition) is 12. The molecule has 0 aromatic heterocycles. The van der Waals surface area contributed by atoms with Gasteiger partial charge in [0.2, 0.25) is 11.9 Å². The molecule has 12 heteroatoms. The lowest BCUT2D eigenvalue weighted by Gasteiger charge is -2.42. The Morgan fingerprint density at radius 3 is 1.19 bits per heavy atom. The molecular formula is C24H42N8O4. The van der Waals surface area contributed by atoms with E-state index in [2.05, 4.69) is 9.80 Å². The van der Waals surface area contributed by atoms with E-state index in [0.29, 0.717) is 38.1 Å². The van der Waals surface area contributed by atoms with Crippen LogP contribution in [0.1, 0.15) is 38.5 Å². The fourth-order valence-electron chi connectivity index (χ4n) is 5.36. The molecule has 4 heterocycles. The Hall–Kier alpha value is -2.28. The molecule has 0 bridgehead atoms. The van der Waals surface area contributed by atoms with Gasteiger partial charge in [0.15, 0.2) is 0 Å². The maximum Gasteiger partial charge on any atom is 0.223 e. The summed E-state index contributed by atoms with van der Waals surface area (Å²) in [6.07, 6.45) is 6.73. The average molecular weight is 507 g/mol. The first-order valence-electron chi connectivity index (χ1n) is 13.5. The highest BCUT2D eigenvalue weighted by Crippen LogP contribution is 2.27. The normalized spacial score (nSPS) is 24.4. The zero-order valence-corrected chi connectivity index (χ0v) is 21.2. The lowest BCUT2D eigenvalue weighted by atomic mass is 9.99. The van der Waals surface area contributed by atoms with E-state index in [9.17, 15) is 20.4 Å². The van der Waals surface area contributed by atoms with Gasteiger partial charge in [0.05, 0.1) is 26.4 Å². The standard InChI is InChI=1S/C24H42N8O4/c33-15-11-31(12-16-34)23-26-20-19(21(27-23)29-7-3-1-4-8-29)25-24(32(13-17-35)14-18-36)28-22(20)30-9-5-2-6-10-30/h19-20,33-36H,1-18H2. The predicted octanol–water partition coefficient (Wildman–Crippen LogP) is -1.20. The van der Waals surface area contributed by atoms with Crippen LogP contribution >= 0.6 is 0 Å². The van der Waals surface area contributed by atoms with Gasteiger partial charge in [-0.3, -0.25) is 0 Å². The van der Waals surface area contributed by atoms with Crippen molar-refractivity contribution in [3.8, 4) is 0 Å². The van der Waals surface area contributed by atoms with E-state index in [-0.39, 0.29) is 38.5 Å². The summed E-state index contributed by atoms with van der Waals surface area (Å²) in [4.78, 5) is 28.3. The summed E-state index contributed by atoms with van der Waals surface area (Å²) in [5, 5.41) is 38.6. The van der Waals surface area contributed by atoms with Crippen LogP contribution in [-0.2, 0) is 0 Å². The molecule has 4 N–H and O–H groups in total. The first-order chi connectivity index (χ1) is 17.7. The summed E-state index contributed by atoms with van der Waals surface area (Å²) in [6, 6.07) is -0.720. The minimum absolute atomic E-state index is 0.0612. The van der Waals surface area contributed by atoms with Crippen LogP contribution in [-0.4, -0.2) is 154 Å². The number of aliphatic hydroxyl groups is 4. The molecule has 2 fully saturated rings. The molecule has 0 radical (unpaired) electrons. The van der Waals surface area contributed by atoms with Crippen molar-refractivity contribution < 1.29 is 20.4 Å². The van der Waals surface area contributed by atoms with Crippen LogP contribution in [0, 0.1) is 0 Å². The number of guanidine groups is 2. The molecule has 0 aromatic carbocycles. The van der Waals surface area contributed by atoms with E-state index in [1.165, 1.54) is 12.8 Å². The fraction of sp³-hybridized carbons (Fsp3) is 0.833. The monoisotopic (exact) mass is 506 g/mol. The van der Waals surface area contributed by atoms with Gasteiger partial charge in [-0.05, 0) is 38.5 Å². The Labute approximate surface area is 213 Å². The molecule has 202 valence electrons. The third-order valence-electron chi connectivity index (χ3n) is 7.17. The molecule has 0 aliphatic carbocycles. The third kappa shape index (κ3) is 6.16. The Balaban J connectivity index is 1.78. The molecule has 36 heavy (non-hydrogen) atoms. The number of amidine groups is 2. The maximum absolute atomic E-state index is 9.66. The zero-order valence-electron chi connectivity index (χ0n) is 21.2. The number of fused-ring (bicyclic) bond motifs is 1. The number of aliphatic imine (C=N–C) groups is 4. The lowest BCUT2D eigenvalue weighted by molar-refractivity contribution is 0.208. The van der Waals surface area contributed by atoms with Crippen LogP contribution in [0.15, 0.2) is 20.0 Å². The van der Waals surface area contributed by atoms with E-state index in [1.807, 2.05) is 9.80 Å². The second-order valence-corrected chi connectivity index (χ2v) is 9.65. The molecule has 0 saturated carbocycles. The van der Waals surface area contributed by atoms with Crippen LogP contribution in [0.25, 0.3) is 0 Å². The third-order valence-corrected chi connectivity index (χ3v) is 7.17. The Bertz CT molecular complexity index is 756. The summed E-state index contributed by atoms with van der Waals surface area (Å²) in [5.41, 5.74) is 0. The van der Waals surface area contributed by atoms with Crippen LogP contribution in [0.3, 0.4) is 0 Å². The highest BCUT2D eigenvalue weighted by atomic mass is 16.3. The van der Waals surface area contributed by atoms with Gasteiger partial charge < -0.3 is 40.0 Å². The summed E-state index contributed by atoms with van der Waals surface area (Å²) in [7, 11) is 0. The molecule has 0 aromatic rings. The maximum atomic E-state index is 9.66. The molecular weight excluding hydrogens is 464 g/mol. The molecule has 12 nitrogen and oxygen atoms in total. The van der Waals surface area contributed by atoms with Crippen molar-refractivity contribution in [3.05, 3.63) is 0 Å². The molecule has 2 unspecified atom stereocenters. The van der Waals surface area contributed by atoms with Gasteiger partial charge in [-0.1, -0.05) is 0 Å². The number of hydrogen-bond donors (Lipinski definition) is 4. The minimum atomic E-state index is -0.360. The van der Waals surface area contributed by atoms with Gasteiger partial charge in [0, 0.05) is 52.4 Å². The van der Waals surface area contributed by atoms with Crippen molar-refractivity contribution in [2.75, 3.05) is 78.8 Å². The minimum Gasteiger partial charge on any atom is -0.395 e. The van der Waals surface area contributed by atoms with E-state index in [0.717, 1.165) is 63.5 Å². The van der Waals surface area contributed by atoms with Gasteiger partial charge in [-0.2, -0.15) is 9.98 Å². The number of likely N-dealkylation sites (tertiary alicyclic amines) is 2. The number of aliphatic hydroxyl groups excluding tert-OH is 4. The Morgan fingerprint density at radius 1 is 0.556 bits per heavy atom. The lowest BCUT2D eigenvalue weighted by Crippen LogP contribution is -2.58. The van der Waals surface area contributed by atoms with E-state index >= 15 is 0 Å². The first-order valence-corrected chi connectivity index (χ1v) is 13.5. The fourth-order valence-corrected chi connectivity index (χ4v) is 5.36. The number of rotatable bonds is 8. The molecule has 2 atom stereocenters. The highest BCUT2D eigenvalue weighted by molar-refractivity contribution is 6.11. The summed E-state index contributed by atoms with van der Waals surface area (Å²) in [6.45, 7) is 4.67. The second-order valence-electron chi connectivity index (χ2n) is 9.65. The van der Waals surface area contributed by atoms with Crippen LogP contribution < -0.4 is 0 Å². The number of piperidine rings is 2. The van der Waals surface area contributed by atoms with Gasteiger partial charge in [0.1, 0.15) is 23.8 Å². The smallest absolute Gasteiger partial charge is 0.223 e. The molecule has 2 saturated heterocycles. The average Bonchev–Trinajstić information content (AvgIpc) is 2.92. The van der Waals surface area contributed by atoms with Crippen molar-refractivity contribution in [3.63, 3.8) is 0 Å².